The van der Waals surface area contributed by atoms with Gasteiger partial charge in [-0.15, -0.1) is 0 Å². The fourth-order valence-corrected chi connectivity index (χ4v) is 4.82. The number of hydrogen-bond acceptors (Lipinski definition) is 3. The molecule has 1 aliphatic heterocycles. The van der Waals surface area contributed by atoms with Gasteiger partial charge in [0, 0.05) is 43.1 Å². The molecule has 1 N–H and O–H groups in total. The number of fused-ring (bicyclic) bond motifs is 3. The van der Waals surface area contributed by atoms with Crippen LogP contribution < -0.4 is 5.43 Å². The number of nitrogens with zero attached hydrogens (tertiary/aromatic N) is 3. The molecule has 0 bridgehead atoms. The zero-order valence-corrected chi connectivity index (χ0v) is 18.5. The number of aromatic nitrogens is 3. The molecule has 2 atom stereocenters. The van der Waals surface area contributed by atoms with Crippen LogP contribution in [0.3, 0.4) is 0 Å². The van der Waals surface area contributed by atoms with Crippen molar-refractivity contribution >= 4 is 27.8 Å². The summed E-state index contributed by atoms with van der Waals surface area (Å²) in [5.74, 6) is 0.0144. The van der Waals surface area contributed by atoms with Gasteiger partial charge in [0.1, 0.15) is 5.65 Å². The molecular weight excluding hydrogens is 445 g/mol. The van der Waals surface area contributed by atoms with Crippen molar-refractivity contribution in [2.45, 2.75) is 32.0 Å². The van der Waals surface area contributed by atoms with E-state index >= 15 is 0 Å². The molecule has 34 heavy (non-hydrogen) atoms. The topological polar surface area (TPSA) is 71.0 Å². The molecule has 5 rings (SSSR count). The second-order valence-corrected chi connectivity index (χ2v) is 8.90. The summed E-state index contributed by atoms with van der Waals surface area (Å²) in [6.45, 7) is 3.05. The van der Waals surface area contributed by atoms with E-state index < -0.39 is 11.7 Å². The van der Waals surface area contributed by atoms with Crippen molar-refractivity contribution in [3.05, 3.63) is 76.3 Å². The van der Waals surface area contributed by atoms with Gasteiger partial charge in [-0.3, -0.25) is 9.59 Å². The van der Waals surface area contributed by atoms with Gasteiger partial charge >= 0.3 is 6.18 Å². The summed E-state index contributed by atoms with van der Waals surface area (Å²) in [5.41, 5.74) is 0.897. The van der Waals surface area contributed by atoms with Crippen LogP contribution in [0.15, 0.2) is 59.8 Å². The summed E-state index contributed by atoms with van der Waals surface area (Å²) in [5, 5.41) is 1.34. The second kappa shape index (κ2) is 8.30. The Bertz CT molecular complexity index is 1440. The Morgan fingerprint density at radius 2 is 2.03 bits per heavy atom. The van der Waals surface area contributed by atoms with Crippen LogP contribution in [0.1, 0.15) is 30.5 Å². The number of carbonyl (C=O) groups excluding carboxylic acids is 1. The van der Waals surface area contributed by atoms with E-state index in [0.717, 1.165) is 29.5 Å². The molecule has 4 heterocycles. The van der Waals surface area contributed by atoms with Crippen LogP contribution in [0.5, 0.6) is 0 Å². The van der Waals surface area contributed by atoms with Crippen molar-refractivity contribution < 1.29 is 18.0 Å². The monoisotopic (exact) mass is 468 g/mol. The number of nitrogens with one attached hydrogen (secondary N) is 1. The molecule has 176 valence electrons. The first kappa shape index (κ1) is 22.2. The van der Waals surface area contributed by atoms with E-state index in [1.807, 2.05) is 10.6 Å². The zero-order valence-electron chi connectivity index (χ0n) is 18.5. The summed E-state index contributed by atoms with van der Waals surface area (Å²) in [6.07, 6.45) is 1.30. The molecule has 3 aromatic heterocycles. The van der Waals surface area contributed by atoms with Gasteiger partial charge in [-0.1, -0.05) is 25.1 Å². The second-order valence-electron chi connectivity index (χ2n) is 8.90. The Morgan fingerprint density at radius 1 is 1.21 bits per heavy atom. The lowest BCUT2D eigenvalue weighted by atomic mass is 9.92. The predicted molar refractivity (Wildman–Crippen MR) is 122 cm³/mol. The van der Waals surface area contributed by atoms with E-state index in [1.165, 1.54) is 12.1 Å². The van der Waals surface area contributed by atoms with E-state index in [1.54, 1.807) is 29.6 Å². The molecule has 0 radical (unpaired) electrons. The van der Waals surface area contributed by atoms with Gasteiger partial charge in [0.25, 0.3) is 0 Å². The standard InChI is InChI=1S/C25H23F3N4O2/c1-15-6-9-31(22(34)12-16-3-2-4-17(11-16)25(26,27)28)14-20(15)32-10-7-21(33)19-13-30-24-18(23(19)32)5-8-29-24/h2-5,7-8,10-11,13,15,20H,6,9,12,14H2,1H3,(H,29,30)/t15-,20+/m1/s1. The average molecular weight is 468 g/mol. The molecule has 9 heteroatoms. The molecule has 0 saturated carbocycles. The van der Waals surface area contributed by atoms with E-state index in [9.17, 15) is 22.8 Å². The summed E-state index contributed by atoms with van der Waals surface area (Å²) >= 11 is 0. The number of likely N-dealkylation sites (tertiary alicyclic amines) is 1. The Morgan fingerprint density at radius 3 is 2.82 bits per heavy atom. The molecule has 1 aliphatic rings. The summed E-state index contributed by atoms with van der Waals surface area (Å²) in [4.78, 5) is 34.7. The highest BCUT2D eigenvalue weighted by Gasteiger charge is 2.32. The number of pyridine rings is 2. The molecule has 6 nitrogen and oxygen atoms in total. The maximum absolute atomic E-state index is 13.1. The molecule has 1 aromatic carbocycles. The van der Waals surface area contributed by atoms with Crippen molar-refractivity contribution in [1.82, 2.24) is 19.4 Å². The summed E-state index contributed by atoms with van der Waals surface area (Å²) in [6, 6.07) is 8.21. The Balaban J connectivity index is 1.46. The first-order chi connectivity index (χ1) is 16.2. The third-order valence-electron chi connectivity index (χ3n) is 6.71. The number of halogens is 3. The fourth-order valence-electron chi connectivity index (χ4n) is 4.82. The van der Waals surface area contributed by atoms with Crippen molar-refractivity contribution in [1.29, 1.82) is 0 Å². The Hall–Kier alpha value is -3.62. The molecular formula is C25H23F3N4O2. The molecule has 4 aromatic rings. The molecule has 0 aliphatic carbocycles. The highest BCUT2D eigenvalue weighted by atomic mass is 19.4. The lowest BCUT2D eigenvalue weighted by Gasteiger charge is -2.39. The number of benzene rings is 1. The normalized spacial score (nSPS) is 19.1. The third kappa shape index (κ3) is 3.95. The van der Waals surface area contributed by atoms with Crippen LogP contribution in [0, 0.1) is 5.92 Å². The van der Waals surface area contributed by atoms with Crippen molar-refractivity contribution in [2.75, 3.05) is 13.1 Å². The number of carbonyl (C=O) groups is 1. The Kier molecular flexibility index (Phi) is 5.42. The first-order valence-electron chi connectivity index (χ1n) is 11.1. The number of alkyl halides is 3. The number of aromatic amines is 1. The van der Waals surface area contributed by atoms with Gasteiger partial charge in [0.15, 0.2) is 5.43 Å². The van der Waals surface area contributed by atoms with Crippen LogP contribution in [-0.4, -0.2) is 38.4 Å². The molecule has 0 unspecified atom stereocenters. The van der Waals surface area contributed by atoms with Crippen LogP contribution in [-0.2, 0) is 17.4 Å². The smallest absolute Gasteiger partial charge is 0.346 e. The average Bonchev–Trinajstić information content (AvgIpc) is 3.29. The van der Waals surface area contributed by atoms with Gasteiger partial charge in [0.2, 0.25) is 5.91 Å². The predicted octanol–water partition coefficient (Wildman–Crippen LogP) is 4.55. The molecule has 1 fully saturated rings. The number of H-pyrrole nitrogens is 1. The molecule has 1 saturated heterocycles. The van der Waals surface area contributed by atoms with Crippen molar-refractivity contribution in [3.8, 4) is 0 Å². The minimum Gasteiger partial charge on any atom is -0.346 e. The van der Waals surface area contributed by atoms with Gasteiger partial charge < -0.3 is 14.5 Å². The number of amides is 1. The maximum atomic E-state index is 13.1. The lowest BCUT2D eigenvalue weighted by molar-refractivity contribution is -0.138. The van der Waals surface area contributed by atoms with E-state index in [0.29, 0.717) is 29.7 Å². The van der Waals surface area contributed by atoms with Crippen LogP contribution >= 0.6 is 0 Å². The number of piperidine rings is 1. The quantitative estimate of drug-likeness (QED) is 0.480. The summed E-state index contributed by atoms with van der Waals surface area (Å²) in [7, 11) is 0. The number of rotatable bonds is 3. The van der Waals surface area contributed by atoms with E-state index in [4.69, 9.17) is 0 Å². The Labute approximate surface area is 193 Å². The van der Waals surface area contributed by atoms with Crippen LogP contribution in [0.4, 0.5) is 13.2 Å². The zero-order chi connectivity index (χ0) is 24.0. The SMILES string of the molecule is C[C@@H]1CCN(C(=O)Cc2cccc(C(F)(F)F)c2)C[C@@H]1n1ccc(=O)c2cnc3[nH]ccc3c21. The highest BCUT2D eigenvalue weighted by molar-refractivity contribution is 6.02. The third-order valence-corrected chi connectivity index (χ3v) is 6.71. The molecule has 1 amide bonds. The highest BCUT2D eigenvalue weighted by Crippen LogP contribution is 2.33. The fraction of sp³-hybridized carbons (Fsp3) is 0.320. The van der Waals surface area contributed by atoms with Gasteiger partial charge in [0.05, 0.1) is 28.9 Å². The van der Waals surface area contributed by atoms with Crippen LogP contribution in [0.25, 0.3) is 21.9 Å². The van der Waals surface area contributed by atoms with Gasteiger partial charge in [-0.2, -0.15) is 13.2 Å². The lowest BCUT2D eigenvalue weighted by Crippen LogP contribution is -2.44. The van der Waals surface area contributed by atoms with E-state index in [-0.39, 0.29) is 29.7 Å². The van der Waals surface area contributed by atoms with Gasteiger partial charge in [-0.05, 0) is 30.0 Å². The minimum atomic E-state index is -4.45. The van der Waals surface area contributed by atoms with Crippen LogP contribution in [0.2, 0.25) is 0 Å². The first-order valence-corrected chi connectivity index (χ1v) is 11.1. The maximum Gasteiger partial charge on any atom is 0.416 e. The minimum absolute atomic E-state index is 0.0946. The van der Waals surface area contributed by atoms with Crippen molar-refractivity contribution in [3.63, 3.8) is 0 Å². The van der Waals surface area contributed by atoms with Gasteiger partial charge in [-0.25, -0.2) is 4.98 Å². The largest absolute Gasteiger partial charge is 0.416 e. The summed E-state index contributed by atoms with van der Waals surface area (Å²) < 4.78 is 41.2. The van der Waals surface area contributed by atoms with Crippen molar-refractivity contribution in [2.24, 2.45) is 5.92 Å². The van der Waals surface area contributed by atoms with E-state index in [2.05, 4.69) is 16.9 Å². The molecule has 0 spiro atoms. The number of hydrogen-bond donors (Lipinski definition) is 1.